The van der Waals surface area contributed by atoms with Gasteiger partial charge in [0, 0.05) is 11.1 Å². The molecule has 0 unspecified atom stereocenters. The van der Waals surface area contributed by atoms with Crippen molar-refractivity contribution in [3.63, 3.8) is 0 Å². The van der Waals surface area contributed by atoms with Crippen LogP contribution in [0.3, 0.4) is 0 Å². The summed E-state index contributed by atoms with van der Waals surface area (Å²) in [6.07, 6.45) is 0. The Kier molecular flexibility index (Phi) is 8.17. The average Bonchev–Trinajstić information content (AvgIpc) is 3.00. The van der Waals surface area contributed by atoms with Gasteiger partial charge >= 0.3 is 0 Å². The van der Waals surface area contributed by atoms with Crippen LogP contribution < -0.4 is 10.6 Å². The van der Waals surface area contributed by atoms with Gasteiger partial charge in [0.1, 0.15) is 0 Å². The Hall–Kier alpha value is -4.96. The Bertz CT molecular complexity index is 1440. The molecule has 2 atom stereocenters. The molecule has 4 heteroatoms. The molecule has 0 aliphatic rings. The molecule has 0 saturated carbocycles. The Balaban J connectivity index is 1.34. The molecule has 2 N–H and O–H groups in total. The van der Waals surface area contributed by atoms with E-state index in [2.05, 4.69) is 10.6 Å². The molecule has 0 aliphatic carbocycles. The van der Waals surface area contributed by atoms with Gasteiger partial charge in [-0.1, -0.05) is 120 Å². The molecule has 0 bridgehead atoms. The van der Waals surface area contributed by atoms with Crippen LogP contribution in [0.5, 0.6) is 0 Å². The zero-order valence-electron chi connectivity index (χ0n) is 22.7. The number of benzene rings is 5. The summed E-state index contributed by atoms with van der Waals surface area (Å²) in [4.78, 5) is 26.6. The minimum atomic E-state index is -0.293. The third-order valence-corrected chi connectivity index (χ3v) is 7.05. The van der Waals surface area contributed by atoms with Gasteiger partial charge in [0.15, 0.2) is 0 Å². The van der Waals surface area contributed by atoms with Crippen molar-refractivity contribution in [3.05, 3.63) is 178 Å². The lowest BCUT2D eigenvalue weighted by atomic mass is 9.97. The lowest BCUT2D eigenvalue weighted by Gasteiger charge is -2.21. The van der Waals surface area contributed by atoms with Crippen LogP contribution in [0.1, 0.15) is 66.2 Å². The highest BCUT2D eigenvalue weighted by atomic mass is 16.2. The maximum atomic E-state index is 13.3. The first-order valence-electron chi connectivity index (χ1n) is 13.4. The third-order valence-electron chi connectivity index (χ3n) is 7.05. The Labute approximate surface area is 235 Å². The molecule has 0 aromatic heterocycles. The van der Waals surface area contributed by atoms with Crippen molar-refractivity contribution < 1.29 is 9.59 Å². The van der Waals surface area contributed by atoms with E-state index in [9.17, 15) is 9.59 Å². The van der Waals surface area contributed by atoms with Crippen molar-refractivity contribution in [2.24, 2.45) is 0 Å². The van der Waals surface area contributed by atoms with E-state index in [1.165, 1.54) is 0 Å². The smallest absolute Gasteiger partial charge is 0.252 e. The molecule has 5 aromatic carbocycles. The molecule has 2 amide bonds. The van der Waals surface area contributed by atoms with Gasteiger partial charge in [-0.3, -0.25) is 9.59 Å². The monoisotopic (exact) mass is 524 g/mol. The SMILES string of the molecule is Cc1ccc([C@H](NC(=O)c2ccc(C(=O)N[C@@H](c3ccccc3)c3ccc(C)cc3)cc2)c2ccccc2)cc1. The van der Waals surface area contributed by atoms with E-state index in [0.29, 0.717) is 11.1 Å². The van der Waals surface area contributed by atoms with Gasteiger partial charge in [-0.2, -0.15) is 0 Å². The van der Waals surface area contributed by atoms with Gasteiger partial charge in [-0.05, 0) is 60.4 Å². The number of hydrogen-bond donors (Lipinski definition) is 2. The Morgan fingerprint density at radius 1 is 0.425 bits per heavy atom. The van der Waals surface area contributed by atoms with Crippen LogP contribution in [0.15, 0.2) is 133 Å². The van der Waals surface area contributed by atoms with Crippen molar-refractivity contribution in [2.45, 2.75) is 25.9 Å². The van der Waals surface area contributed by atoms with Crippen LogP contribution in [0, 0.1) is 13.8 Å². The fourth-order valence-corrected chi connectivity index (χ4v) is 4.73. The van der Waals surface area contributed by atoms with Gasteiger partial charge in [0.25, 0.3) is 11.8 Å². The summed E-state index contributed by atoms with van der Waals surface area (Å²) in [5.41, 5.74) is 7.30. The molecule has 0 heterocycles. The minimum absolute atomic E-state index is 0.205. The predicted molar refractivity (Wildman–Crippen MR) is 160 cm³/mol. The highest BCUT2D eigenvalue weighted by Gasteiger charge is 2.20. The zero-order valence-corrected chi connectivity index (χ0v) is 22.7. The number of rotatable bonds is 8. The third kappa shape index (κ3) is 6.36. The topological polar surface area (TPSA) is 58.2 Å². The lowest BCUT2D eigenvalue weighted by molar-refractivity contribution is 0.0931. The summed E-state index contributed by atoms with van der Waals surface area (Å²) in [6.45, 7) is 4.08. The van der Waals surface area contributed by atoms with Crippen LogP contribution in [0.4, 0.5) is 0 Å². The lowest BCUT2D eigenvalue weighted by Crippen LogP contribution is -2.30. The summed E-state index contributed by atoms with van der Waals surface area (Å²) in [7, 11) is 0. The summed E-state index contributed by atoms with van der Waals surface area (Å²) in [6, 6.07) is 42.4. The van der Waals surface area contributed by atoms with Gasteiger partial charge in [-0.15, -0.1) is 0 Å². The number of amides is 2. The second-order valence-electron chi connectivity index (χ2n) is 10.0. The zero-order chi connectivity index (χ0) is 27.9. The summed E-state index contributed by atoms with van der Waals surface area (Å²) in [5, 5.41) is 6.35. The van der Waals surface area contributed by atoms with E-state index in [1.807, 2.05) is 123 Å². The molecule has 0 saturated heterocycles. The van der Waals surface area contributed by atoms with Crippen molar-refractivity contribution in [1.82, 2.24) is 10.6 Å². The molecule has 198 valence electrons. The van der Waals surface area contributed by atoms with Gasteiger partial charge in [-0.25, -0.2) is 0 Å². The normalized spacial score (nSPS) is 12.2. The summed E-state index contributed by atoms with van der Waals surface area (Å²) < 4.78 is 0. The minimum Gasteiger partial charge on any atom is -0.341 e. The number of carbonyl (C=O) groups is 2. The van der Waals surface area contributed by atoms with Crippen LogP contribution in [-0.4, -0.2) is 11.8 Å². The molecule has 40 heavy (non-hydrogen) atoms. The van der Waals surface area contributed by atoms with Crippen LogP contribution in [0.2, 0.25) is 0 Å². The van der Waals surface area contributed by atoms with Crippen molar-refractivity contribution in [1.29, 1.82) is 0 Å². The molecule has 5 aromatic rings. The molecule has 4 nitrogen and oxygen atoms in total. The van der Waals surface area contributed by atoms with E-state index in [-0.39, 0.29) is 23.9 Å². The molecule has 0 fully saturated rings. The van der Waals surface area contributed by atoms with E-state index >= 15 is 0 Å². The van der Waals surface area contributed by atoms with Gasteiger partial charge in [0.2, 0.25) is 0 Å². The second kappa shape index (κ2) is 12.3. The molecule has 5 rings (SSSR count). The standard InChI is InChI=1S/C36H32N2O2/c1-25-13-17-29(18-14-25)33(27-9-5-3-6-10-27)37-35(39)31-21-23-32(24-22-31)36(40)38-34(28-11-7-4-8-12-28)30-19-15-26(2)16-20-30/h3-24,33-34H,1-2H3,(H,37,39)(H,38,40)/t33-,34+. The van der Waals surface area contributed by atoms with Crippen LogP contribution in [0.25, 0.3) is 0 Å². The quantitative estimate of drug-likeness (QED) is 0.223. The molecule has 0 radical (unpaired) electrons. The number of carbonyl (C=O) groups excluding carboxylic acids is 2. The maximum absolute atomic E-state index is 13.3. The fraction of sp³-hybridized carbons (Fsp3) is 0.111. The van der Waals surface area contributed by atoms with E-state index in [0.717, 1.165) is 33.4 Å². The van der Waals surface area contributed by atoms with Gasteiger partial charge in [0.05, 0.1) is 12.1 Å². The van der Waals surface area contributed by atoms with E-state index in [1.54, 1.807) is 24.3 Å². The molecule has 0 aliphatic heterocycles. The fourth-order valence-electron chi connectivity index (χ4n) is 4.73. The van der Waals surface area contributed by atoms with Crippen LogP contribution >= 0.6 is 0 Å². The van der Waals surface area contributed by atoms with Crippen molar-refractivity contribution in [2.75, 3.05) is 0 Å². The van der Waals surface area contributed by atoms with Gasteiger partial charge < -0.3 is 10.6 Å². The Morgan fingerprint density at radius 3 is 1.05 bits per heavy atom. The largest absolute Gasteiger partial charge is 0.341 e. The number of hydrogen-bond acceptors (Lipinski definition) is 2. The highest BCUT2D eigenvalue weighted by Crippen LogP contribution is 2.25. The van der Waals surface area contributed by atoms with Crippen molar-refractivity contribution >= 4 is 11.8 Å². The van der Waals surface area contributed by atoms with E-state index < -0.39 is 0 Å². The van der Waals surface area contributed by atoms with Crippen LogP contribution in [-0.2, 0) is 0 Å². The van der Waals surface area contributed by atoms with Crippen molar-refractivity contribution in [3.8, 4) is 0 Å². The maximum Gasteiger partial charge on any atom is 0.252 e. The first-order chi connectivity index (χ1) is 19.5. The highest BCUT2D eigenvalue weighted by molar-refractivity contribution is 5.98. The summed E-state index contributed by atoms with van der Waals surface area (Å²) >= 11 is 0. The average molecular weight is 525 g/mol. The number of nitrogens with one attached hydrogen (secondary N) is 2. The van der Waals surface area contributed by atoms with E-state index in [4.69, 9.17) is 0 Å². The number of aryl methyl sites for hydroxylation is 2. The Morgan fingerprint density at radius 2 is 0.725 bits per heavy atom. The first kappa shape index (κ1) is 26.6. The second-order valence-corrected chi connectivity index (χ2v) is 10.0. The predicted octanol–water partition coefficient (Wildman–Crippen LogP) is 7.34. The molecule has 0 spiro atoms. The molecular weight excluding hydrogens is 492 g/mol. The molecular formula is C36H32N2O2. The summed E-state index contributed by atoms with van der Waals surface area (Å²) in [5.74, 6) is -0.411. The first-order valence-corrected chi connectivity index (χ1v) is 13.4.